The van der Waals surface area contributed by atoms with Crippen LogP contribution in [0.2, 0.25) is 5.02 Å². The molecule has 3 aromatic rings. The van der Waals surface area contributed by atoms with E-state index in [1.54, 1.807) is 49.4 Å². The first kappa shape index (κ1) is 25.5. The highest BCUT2D eigenvalue weighted by molar-refractivity contribution is 7.92. The van der Waals surface area contributed by atoms with Crippen LogP contribution >= 0.6 is 11.6 Å². The Morgan fingerprint density at radius 3 is 2.15 bits per heavy atom. The standard InChI is InChI=1S/C23H24ClN3O5S2/c1-16-9-10-18(24)15-22(16)26-34(31,32)21-13-11-19(12-14-21)25-23(28)17(2)27(33(3,29)30)20-7-5-4-6-8-20/h4-15,17,26H,1-3H3,(H,25,28)/t17-/m1/s1. The van der Waals surface area contributed by atoms with Crippen LogP contribution in [-0.2, 0) is 24.8 Å². The first-order chi connectivity index (χ1) is 15.9. The Kier molecular flexibility index (Phi) is 7.54. The van der Waals surface area contributed by atoms with Crippen molar-refractivity contribution in [1.82, 2.24) is 0 Å². The van der Waals surface area contributed by atoms with Gasteiger partial charge in [0.2, 0.25) is 15.9 Å². The van der Waals surface area contributed by atoms with E-state index in [1.807, 2.05) is 0 Å². The Morgan fingerprint density at radius 1 is 0.941 bits per heavy atom. The number of rotatable bonds is 8. The summed E-state index contributed by atoms with van der Waals surface area (Å²) in [6, 6.07) is 17.7. The molecule has 34 heavy (non-hydrogen) atoms. The Balaban J connectivity index is 1.77. The number of sulfonamides is 2. The molecule has 0 bridgehead atoms. The van der Waals surface area contributed by atoms with Gasteiger partial charge in [-0.15, -0.1) is 0 Å². The van der Waals surface area contributed by atoms with Crippen LogP contribution in [-0.4, -0.2) is 35.0 Å². The number of carbonyl (C=O) groups is 1. The van der Waals surface area contributed by atoms with E-state index in [-0.39, 0.29) is 4.90 Å². The summed E-state index contributed by atoms with van der Waals surface area (Å²) < 4.78 is 53.7. The van der Waals surface area contributed by atoms with Crippen LogP contribution in [0.25, 0.3) is 0 Å². The molecule has 2 N–H and O–H groups in total. The minimum Gasteiger partial charge on any atom is -0.324 e. The first-order valence-corrected chi connectivity index (χ1v) is 13.8. The van der Waals surface area contributed by atoms with E-state index in [2.05, 4.69) is 10.0 Å². The summed E-state index contributed by atoms with van der Waals surface area (Å²) in [5, 5.41) is 3.03. The summed E-state index contributed by atoms with van der Waals surface area (Å²) >= 11 is 5.96. The SMILES string of the molecule is Cc1ccc(Cl)cc1NS(=O)(=O)c1ccc(NC(=O)[C@@H](C)N(c2ccccc2)S(C)(=O)=O)cc1. The fourth-order valence-corrected chi connectivity index (χ4v) is 5.72. The van der Waals surface area contributed by atoms with E-state index in [1.165, 1.54) is 37.3 Å². The van der Waals surface area contributed by atoms with E-state index < -0.39 is 32.0 Å². The number of aryl methyl sites for hydroxylation is 1. The average molecular weight is 522 g/mol. The van der Waals surface area contributed by atoms with Crippen molar-refractivity contribution in [2.45, 2.75) is 24.8 Å². The van der Waals surface area contributed by atoms with Gasteiger partial charge in [0.05, 0.1) is 22.5 Å². The molecule has 0 aromatic heterocycles. The number of halogens is 1. The summed E-state index contributed by atoms with van der Waals surface area (Å²) in [6.07, 6.45) is 1.03. The maximum Gasteiger partial charge on any atom is 0.261 e. The quantitative estimate of drug-likeness (QED) is 0.460. The van der Waals surface area contributed by atoms with Gasteiger partial charge in [0.25, 0.3) is 10.0 Å². The van der Waals surface area contributed by atoms with Crippen LogP contribution in [0.3, 0.4) is 0 Å². The van der Waals surface area contributed by atoms with E-state index in [9.17, 15) is 21.6 Å². The molecule has 180 valence electrons. The maximum atomic E-state index is 12.8. The van der Waals surface area contributed by atoms with Crippen molar-refractivity contribution in [3.8, 4) is 0 Å². The molecule has 3 rings (SSSR count). The predicted molar refractivity (Wildman–Crippen MR) is 135 cm³/mol. The zero-order chi connectivity index (χ0) is 25.1. The predicted octanol–water partition coefficient (Wildman–Crippen LogP) is 4.24. The van der Waals surface area contributed by atoms with Crippen molar-refractivity contribution in [2.75, 3.05) is 20.6 Å². The molecule has 0 aliphatic rings. The second-order valence-electron chi connectivity index (χ2n) is 7.65. The third-order valence-electron chi connectivity index (χ3n) is 4.98. The van der Waals surface area contributed by atoms with Gasteiger partial charge in [-0.05, 0) is 67.9 Å². The highest BCUT2D eigenvalue weighted by Crippen LogP contribution is 2.25. The smallest absolute Gasteiger partial charge is 0.261 e. The van der Waals surface area contributed by atoms with Crippen LogP contribution in [0, 0.1) is 6.92 Å². The number of hydrogen-bond donors (Lipinski definition) is 2. The average Bonchev–Trinajstić information content (AvgIpc) is 2.76. The highest BCUT2D eigenvalue weighted by atomic mass is 35.5. The normalized spacial score (nSPS) is 12.6. The lowest BCUT2D eigenvalue weighted by atomic mass is 10.2. The van der Waals surface area contributed by atoms with Gasteiger partial charge >= 0.3 is 0 Å². The third-order valence-corrected chi connectivity index (χ3v) is 7.83. The molecule has 0 saturated heterocycles. The van der Waals surface area contributed by atoms with Gasteiger partial charge in [0.15, 0.2) is 0 Å². The Bertz CT molecular complexity index is 1390. The van der Waals surface area contributed by atoms with Gasteiger partial charge < -0.3 is 5.32 Å². The summed E-state index contributed by atoms with van der Waals surface area (Å²) in [7, 11) is -7.63. The maximum absolute atomic E-state index is 12.8. The van der Waals surface area contributed by atoms with E-state index in [0.717, 1.165) is 10.6 Å². The zero-order valence-electron chi connectivity index (χ0n) is 18.7. The van der Waals surface area contributed by atoms with Gasteiger partial charge in [-0.1, -0.05) is 35.9 Å². The molecule has 0 fully saturated rings. The second-order valence-corrected chi connectivity index (χ2v) is 11.6. The topological polar surface area (TPSA) is 113 Å². The number of anilines is 3. The molecule has 0 spiro atoms. The first-order valence-electron chi connectivity index (χ1n) is 10.1. The van der Waals surface area contributed by atoms with Crippen molar-refractivity contribution in [3.63, 3.8) is 0 Å². The molecule has 3 aromatic carbocycles. The fraction of sp³-hybridized carbons (Fsp3) is 0.174. The van der Waals surface area contributed by atoms with Gasteiger partial charge in [-0.3, -0.25) is 13.8 Å². The van der Waals surface area contributed by atoms with Crippen LogP contribution in [0.5, 0.6) is 0 Å². The number of nitrogens with one attached hydrogen (secondary N) is 2. The van der Waals surface area contributed by atoms with E-state index in [0.29, 0.717) is 27.6 Å². The zero-order valence-corrected chi connectivity index (χ0v) is 21.1. The number of nitrogens with zero attached hydrogens (tertiary/aromatic N) is 1. The second kappa shape index (κ2) is 10.0. The van der Waals surface area contributed by atoms with Crippen molar-refractivity contribution in [2.24, 2.45) is 0 Å². The largest absolute Gasteiger partial charge is 0.324 e. The van der Waals surface area contributed by atoms with Crippen LogP contribution < -0.4 is 14.3 Å². The highest BCUT2D eigenvalue weighted by Gasteiger charge is 2.29. The molecule has 8 nitrogen and oxygen atoms in total. The number of hydrogen-bond acceptors (Lipinski definition) is 5. The third kappa shape index (κ3) is 6.07. The molecule has 0 radical (unpaired) electrons. The molecular weight excluding hydrogens is 498 g/mol. The van der Waals surface area contributed by atoms with Crippen molar-refractivity contribution in [1.29, 1.82) is 0 Å². The number of benzene rings is 3. The number of amides is 1. The minimum atomic E-state index is -3.89. The lowest BCUT2D eigenvalue weighted by Crippen LogP contribution is -2.45. The van der Waals surface area contributed by atoms with Gasteiger partial charge in [0, 0.05) is 10.7 Å². The van der Waals surface area contributed by atoms with E-state index >= 15 is 0 Å². The fourth-order valence-electron chi connectivity index (χ4n) is 3.26. The van der Waals surface area contributed by atoms with Crippen LogP contribution in [0.1, 0.15) is 12.5 Å². The molecule has 0 aliphatic heterocycles. The molecular formula is C23H24ClN3O5S2. The number of para-hydroxylation sites is 1. The van der Waals surface area contributed by atoms with Crippen LogP contribution in [0.4, 0.5) is 17.1 Å². The lowest BCUT2D eigenvalue weighted by molar-refractivity contribution is -0.116. The Morgan fingerprint density at radius 2 is 1.56 bits per heavy atom. The molecule has 0 saturated carbocycles. The van der Waals surface area contributed by atoms with Crippen molar-refractivity contribution in [3.05, 3.63) is 83.4 Å². The van der Waals surface area contributed by atoms with Gasteiger partial charge in [-0.25, -0.2) is 16.8 Å². The summed E-state index contributed by atoms with van der Waals surface area (Å²) in [5.74, 6) is -0.572. The summed E-state index contributed by atoms with van der Waals surface area (Å²) in [6.45, 7) is 3.22. The number of carbonyl (C=O) groups excluding carboxylic acids is 1. The lowest BCUT2D eigenvalue weighted by Gasteiger charge is -2.28. The van der Waals surface area contributed by atoms with Gasteiger partial charge in [0.1, 0.15) is 6.04 Å². The molecule has 11 heteroatoms. The van der Waals surface area contributed by atoms with Gasteiger partial charge in [-0.2, -0.15) is 0 Å². The molecule has 1 amide bonds. The molecule has 0 aliphatic carbocycles. The Labute approximate surface area is 204 Å². The van der Waals surface area contributed by atoms with E-state index in [4.69, 9.17) is 11.6 Å². The van der Waals surface area contributed by atoms with Crippen molar-refractivity contribution < 1.29 is 21.6 Å². The summed E-state index contributed by atoms with van der Waals surface area (Å²) in [4.78, 5) is 12.8. The Hall–Kier alpha value is -3.08. The monoisotopic (exact) mass is 521 g/mol. The van der Waals surface area contributed by atoms with Crippen LogP contribution in [0.15, 0.2) is 77.7 Å². The minimum absolute atomic E-state index is 0.0139. The molecule has 0 unspecified atom stereocenters. The molecule has 1 atom stereocenters. The summed E-state index contributed by atoms with van der Waals surface area (Å²) in [5.41, 5.74) is 1.74. The molecule has 0 heterocycles. The van der Waals surface area contributed by atoms with Crippen molar-refractivity contribution >= 4 is 54.6 Å².